The van der Waals surface area contributed by atoms with Gasteiger partial charge in [0.1, 0.15) is 11.2 Å². The van der Waals surface area contributed by atoms with Crippen LogP contribution in [0.2, 0.25) is 0 Å². The number of carboxylic acids is 1. The van der Waals surface area contributed by atoms with Gasteiger partial charge >= 0.3 is 5.97 Å². The fourth-order valence-corrected chi connectivity index (χ4v) is 8.04. The van der Waals surface area contributed by atoms with Gasteiger partial charge in [-0.1, -0.05) is 121 Å². The average molecular weight is 896 g/mol. The van der Waals surface area contributed by atoms with Crippen molar-refractivity contribution < 1.29 is 18.7 Å². The Bertz CT molecular complexity index is 3190. The van der Waals surface area contributed by atoms with E-state index >= 15 is 0 Å². The van der Waals surface area contributed by atoms with Crippen molar-refractivity contribution in [1.82, 2.24) is 0 Å². The van der Waals surface area contributed by atoms with Crippen molar-refractivity contribution in [3.8, 4) is 0 Å². The number of nitrogens with one attached hydrogen (secondary N) is 2. The third kappa shape index (κ3) is 13.0. The third-order valence-corrected chi connectivity index (χ3v) is 12.1. The zero-order valence-corrected chi connectivity index (χ0v) is 38.6. The van der Waals surface area contributed by atoms with Gasteiger partial charge < -0.3 is 30.3 Å². The molecule has 0 saturated heterocycles. The number of hydrogen-bond donors (Lipinski definition) is 4. The fourth-order valence-electron chi connectivity index (χ4n) is 8.04. The number of carboxylic acid groups (broad SMARTS) is 1. The number of hydrogen-bond acceptors (Lipinski definition) is 6. The average Bonchev–Trinajstić information content (AvgIpc) is 4.05. The number of aryl methyl sites for hydroxylation is 8. The van der Waals surface area contributed by atoms with Gasteiger partial charge in [0.05, 0.1) is 23.8 Å². The molecular weight excluding hydrogens is 839 g/mol. The summed E-state index contributed by atoms with van der Waals surface area (Å²) in [5.41, 5.74) is 22.6. The van der Waals surface area contributed by atoms with E-state index in [4.69, 9.17) is 14.6 Å². The summed E-state index contributed by atoms with van der Waals surface area (Å²) < 4.78 is 10.8. The zero-order chi connectivity index (χ0) is 47.1. The summed E-state index contributed by atoms with van der Waals surface area (Å²) in [7, 11) is 0. The first-order chi connectivity index (χ1) is 33.2. The number of furan rings is 2. The van der Waals surface area contributed by atoms with Crippen molar-refractivity contribution >= 4 is 56.3 Å². The van der Waals surface area contributed by atoms with Gasteiger partial charge in [0.15, 0.2) is 0 Å². The lowest BCUT2D eigenvalue weighted by atomic mass is 10.0. The molecule has 8 aromatic carbocycles. The van der Waals surface area contributed by atoms with Gasteiger partial charge in [-0.25, -0.2) is 4.79 Å². The van der Waals surface area contributed by atoms with Crippen LogP contribution in [0.15, 0.2) is 215 Å². The van der Waals surface area contributed by atoms with E-state index in [1.807, 2.05) is 79.7 Å². The van der Waals surface area contributed by atoms with E-state index in [0.717, 1.165) is 94.3 Å². The van der Waals surface area contributed by atoms with E-state index in [1.54, 1.807) is 18.6 Å². The van der Waals surface area contributed by atoms with Crippen LogP contribution in [0, 0.1) is 13.8 Å². The van der Waals surface area contributed by atoms with Gasteiger partial charge in [-0.2, -0.15) is 0 Å². The van der Waals surface area contributed by atoms with Crippen molar-refractivity contribution in [1.29, 1.82) is 0 Å². The molecule has 0 aliphatic heterocycles. The summed E-state index contributed by atoms with van der Waals surface area (Å²) in [5.74, 6) is -0.948. The first-order valence-electron chi connectivity index (χ1n) is 23.1. The normalized spacial score (nSPS) is 10.7. The summed E-state index contributed by atoms with van der Waals surface area (Å²) in [6, 6.07) is 65.7. The van der Waals surface area contributed by atoms with Crippen LogP contribution in [-0.4, -0.2) is 11.1 Å². The molecule has 7 nitrogen and oxygen atoms in total. The number of benzene rings is 8. The highest BCUT2D eigenvalue weighted by Gasteiger charge is 2.12. The Hall–Kier alpha value is -8.29. The largest absolute Gasteiger partial charge is 0.478 e. The smallest absolute Gasteiger partial charge is 0.337 e. The molecule has 0 aliphatic carbocycles. The number of carbonyl (C=O) groups is 1. The topological polar surface area (TPSA) is 114 Å². The molecule has 340 valence electrons. The minimum atomic E-state index is -0.948. The lowest BCUT2D eigenvalue weighted by molar-refractivity contribution is 0.0698. The van der Waals surface area contributed by atoms with Crippen LogP contribution in [0.5, 0.6) is 0 Å². The molecule has 68 heavy (non-hydrogen) atoms. The Morgan fingerprint density at radius 3 is 1.32 bits per heavy atom. The number of nitrogen functional groups attached to an aromatic ring is 1. The predicted octanol–water partition coefficient (Wildman–Crippen LogP) is 15.3. The molecule has 0 atom stereocenters. The first-order valence-corrected chi connectivity index (χ1v) is 23.1. The van der Waals surface area contributed by atoms with Crippen LogP contribution < -0.4 is 16.4 Å². The lowest BCUT2D eigenvalue weighted by Crippen LogP contribution is -2.04. The zero-order valence-electron chi connectivity index (χ0n) is 38.6. The molecule has 0 amide bonds. The summed E-state index contributed by atoms with van der Waals surface area (Å²) in [6.45, 7) is 4.18. The van der Waals surface area contributed by atoms with E-state index in [1.165, 1.54) is 33.4 Å². The predicted molar refractivity (Wildman–Crippen MR) is 281 cm³/mol. The van der Waals surface area contributed by atoms with E-state index < -0.39 is 5.97 Å². The maximum atomic E-state index is 11.6. The maximum absolute atomic E-state index is 11.6. The second kappa shape index (κ2) is 22.7. The number of rotatable bonds is 14. The Kier molecular flexibility index (Phi) is 15.5. The van der Waals surface area contributed by atoms with Gasteiger partial charge in [0, 0.05) is 33.5 Å². The van der Waals surface area contributed by atoms with Gasteiger partial charge in [0.25, 0.3) is 0 Å². The highest BCUT2D eigenvalue weighted by atomic mass is 16.4. The van der Waals surface area contributed by atoms with E-state index in [0.29, 0.717) is 5.69 Å². The fraction of sp³-hybridized carbons (Fsp3) is 0.131. The van der Waals surface area contributed by atoms with E-state index in [2.05, 4.69) is 133 Å². The molecule has 10 aromatic rings. The minimum Gasteiger partial charge on any atom is -0.478 e. The molecule has 5 N–H and O–H groups in total. The highest BCUT2D eigenvalue weighted by Crippen LogP contribution is 2.28. The van der Waals surface area contributed by atoms with Gasteiger partial charge in [-0.3, -0.25) is 0 Å². The molecule has 2 heterocycles. The second-order valence-corrected chi connectivity index (χ2v) is 17.1. The molecule has 0 radical (unpaired) electrons. The monoisotopic (exact) mass is 895 g/mol. The van der Waals surface area contributed by atoms with Crippen LogP contribution >= 0.6 is 0 Å². The quantitative estimate of drug-likeness (QED) is 0.0804. The number of anilines is 5. The highest BCUT2D eigenvalue weighted by molar-refractivity contribution is 5.96. The maximum Gasteiger partial charge on any atom is 0.337 e. The Morgan fingerprint density at radius 1 is 0.441 bits per heavy atom. The first kappa shape index (κ1) is 46.2. The third-order valence-electron chi connectivity index (χ3n) is 12.1. The SMILES string of the molecule is Cc1ccc(CCc2ccccc2)cc1N.Cc1ccc(CCc2ccccc2)cc1Nc1ccc2occc2c1.O=C(O)c1ccc(CCc2ccccc2)cc1Nc1ccc2occc2c1. The lowest BCUT2D eigenvalue weighted by Gasteiger charge is -2.12. The molecule has 0 fully saturated rings. The summed E-state index contributed by atoms with van der Waals surface area (Å²) in [6.07, 6.45) is 9.35. The van der Waals surface area contributed by atoms with Crippen molar-refractivity contribution in [3.05, 3.63) is 257 Å². The van der Waals surface area contributed by atoms with Crippen LogP contribution in [0.3, 0.4) is 0 Å². The summed E-state index contributed by atoms with van der Waals surface area (Å²) in [5, 5.41) is 18.4. The van der Waals surface area contributed by atoms with Crippen LogP contribution in [0.25, 0.3) is 21.9 Å². The molecule has 0 saturated carbocycles. The van der Waals surface area contributed by atoms with Crippen LogP contribution in [0.1, 0.15) is 54.9 Å². The number of nitrogens with two attached hydrogens (primary N) is 1. The Labute approximate surface area is 398 Å². The molecule has 0 aliphatic rings. The van der Waals surface area contributed by atoms with E-state index in [9.17, 15) is 9.90 Å². The number of fused-ring (bicyclic) bond motifs is 2. The molecular formula is C61H57N3O4. The molecule has 2 aromatic heterocycles. The molecule has 0 spiro atoms. The van der Waals surface area contributed by atoms with Crippen molar-refractivity contribution in [3.63, 3.8) is 0 Å². The second-order valence-electron chi connectivity index (χ2n) is 17.1. The molecule has 0 unspecified atom stereocenters. The molecule has 0 bridgehead atoms. The van der Waals surface area contributed by atoms with Crippen molar-refractivity contribution in [2.75, 3.05) is 16.4 Å². The Morgan fingerprint density at radius 2 is 0.853 bits per heavy atom. The number of aromatic carboxylic acids is 1. The molecule has 7 heteroatoms. The minimum absolute atomic E-state index is 0.255. The Balaban J connectivity index is 0.000000142. The van der Waals surface area contributed by atoms with Gasteiger partial charge in [-0.05, 0) is 170 Å². The molecule has 10 rings (SSSR count). The van der Waals surface area contributed by atoms with Crippen LogP contribution in [0.4, 0.5) is 28.4 Å². The van der Waals surface area contributed by atoms with Crippen molar-refractivity contribution in [2.24, 2.45) is 0 Å². The van der Waals surface area contributed by atoms with E-state index in [-0.39, 0.29) is 5.56 Å². The summed E-state index contributed by atoms with van der Waals surface area (Å²) >= 11 is 0. The standard InChI is InChI=1S/C23H19NO3.C23H21NO.C15H17N/c25-23(26)20-10-8-17(7-6-16-4-2-1-3-5-16)14-21(20)24-19-9-11-22-18(15-19)12-13-27-22;1-17-7-8-19(10-9-18-5-3-2-4-6-18)15-22(17)24-21-11-12-23-20(16-21)13-14-25-23;1-12-7-8-14(11-15(12)16)10-9-13-5-3-2-4-6-13/h1-5,8-15,24H,6-7H2,(H,25,26);2-8,11-16,24H,9-10H2,1H3;2-8,11H,9-10,16H2,1H3. The summed E-state index contributed by atoms with van der Waals surface area (Å²) in [4.78, 5) is 11.6. The van der Waals surface area contributed by atoms with Crippen LogP contribution in [-0.2, 0) is 38.5 Å². The van der Waals surface area contributed by atoms with Gasteiger partial charge in [0.2, 0.25) is 0 Å². The van der Waals surface area contributed by atoms with Gasteiger partial charge in [-0.15, -0.1) is 0 Å². The van der Waals surface area contributed by atoms with Crippen molar-refractivity contribution in [2.45, 2.75) is 52.4 Å².